The van der Waals surface area contributed by atoms with Crippen LogP contribution in [-0.4, -0.2) is 11.5 Å². The summed E-state index contributed by atoms with van der Waals surface area (Å²) < 4.78 is 13.7. The number of fused-ring (bicyclic) bond motifs is 1. The molecule has 1 aromatic heterocycles. The Hall–Kier alpha value is -2.13. The van der Waals surface area contributed by atoms with E-state index in [9.17, 15) is 4.39 Å². The lowest BCUT2D eigenvalue weighted by Crippen LogP contribution is -1.99. The molecule has 25 heavy (non-hydrogen) atoms. The maximum absolute atomic E-state index is 13.7. The fraction of sp³-hybridized carbons (Fsp3) is 0.364. The standard InChI is InChI=1S/C22H27FN2/c1-3-15(2)16-10-11-21-20(14-16)19(9-4-5-12-24)22(25-21)17-7-6-8-18(23)13-17/h6-8,10-11,13-15,25H,3-5,9,12,24H2,1-2H3. The van der Waals surface area contributed by atoms with Gasteiger partial charge in [0.2, 0.25) is 0 Å². The monoisotopic (exact) mass is 338 g/mol. The van der Waals surface area contributed by atoms with Crippen molar-refractivity contribution < 1.29 is 4.39 Å². The van der Waals surface area contributed by atoms with Gasteiger partial charge in [0.05, 0.1) is 0 Å². The summed E-state index contributed by atoms with van der Waals surface area (Å²) in [6, 6.07) is 13.5. The van der Waals surface area contributed by atoms with E-state index in [0.717, 1.165) is 42.5 Å². The second-order valence-electron chi connectivity index (χ2n) is 6.85. The van der Waals surface area contributed by atoms with Gasteiger partial charge in [-0.05, 0) is 73.5 Å². The first-order chi connectivity index (χ1) is 12.1. The molecule has 0 aliphatic carbocycles. The lowest BCUT2D eigenvalue weighted by molar-refractivity contribution is 0.628. The van der Waals surface area contributed by atoms with Crippen LogP contribution in [0, 0.1) is 5.82 Å². The first-order valence-electron chi connectivity index (χ1n) is 9.24. The van der Waals surface area contributed by atoms with Gasteiger partial charge in [-0.2, -0.15) is 0 Å². The molecule has 132 valence electrons. The van der Waals surface area contributed by atoms with Gasteiger partial charge in [0, 0.05) is 22.2 Å². The van der Waals surface area contributed by atoms with Crippen molar-refractivity contribution in [2.75, 3.05) is 6.54 Å². The molecule has 0 amide bonds. The first-order valence-corrected chi connectivity index (χ1v) is 9.24. The second kappa shape index (κ2) is 7.83. The van der Waals surface area contributed by atoms with E-state index in [1.807, 2.05) is 6.07 Å². The molecule has 2 aromatic carbocycles. The molecule has 0 aliphatic rings. The smallest absolute Gasteiger partial charge is 0.123 e. The average molecular weight is 338 g/mol. The van der Waals surface area contributed by atoms with E-state index in [1.54, 1.807) is 12.1 Å². The molecule has 3 N–H and O–H groups in total. The molecule has 3 rings (SSSR count). The first kappa shape index (κ1) is 17.7. The fourth-order valence-electron chi connectivity index (χ4n) is 3.40. The Balaban J connectivity index is 2.12. The number of nitrogens with one attached hydrogen (secondary N) is 1. The van der Waals surface area contributed by atoms with E-state index in [0.29, 0.717) is 12.5 Å². The van der Waals surface area contributed by atoms with Gasteiger partial charge in [-0.1, -0.05) is 32.0 Å². The summed E-state index contributed by atoms with van der Waals surface area (Å²) in [7, 11) is 0. The zero-order chi connectivity index (χ0) is 17.8. The van der Waals surface area contributed by atoms with Crippen molar-refractivity contribution in [2.24, 2.45) is 5.73 Å². The second-order valence-corrected chi connectivity index (χ2v) is 6.85. The van der Waals surface area contributed by atoms with Gasteiger partial charge in [0.1, 0.15) is 5.82 Å². The summed E-state index contributed by atoms with van der Waals surface area (Å²) in [5.74, 6) is 0.332. The molecule has 3 aromatic rings. The molecule has 1 heterocycles. The molecule has 2 nitrogen and oxygen atoms in total. The fourth-order valence-corrected chi connectivity index (χ4v) is 3.40. The number of H-pyrrole nitrogens is 1. The minimum Gasteiger partial charge on any atom is -0.354 e. The summed E-state index contributed by atoms with van der Waals surface area (Å²) >= 11 is 0. The van der Waals surface area contributed by atoms with Crippen LogP contribution in [0.4, 0.5) is 4.39 Å². The quantitative estimate of drug-likeness (QED) is 0.528. The molecule has 0 spiro atoms. The predicted octanol–water partition coefficient (Wildman–Crippen LogP) is 5.77. The van der Waals surface area contributed by atoms with Crippen LogP contribution >= 0.6 is 0 Å². The van der Waals surface area contributed by atoms with Crippen LogP contribution in [0.1, 0.15) is 50.2 Å². The van der Waals surface area contributed by atoms with Gasteiger partial charge in [0.15, 0.2) is 0 Å². The topological polar surface area (TPSA) is 41.8 Å². The number of aryl methyl sites for hydroxylation is 1. The third kappa shape index (κ3) is 3.77. The van der Waals surface area contributed by atoms with Crippen molar-refractivity contribution in [1.82, 2.24) is 4.98 Å². The zero-order valence-corrected chi connectivity index (χ0v) is 15.1. The Kier molecular flexibility index (Phi) is 5.54. The maximum atomic E-state index is 13.7. The van der Waals surface area contributed by atoms with Gasteiger partial charge < -0.3 is 10.7 Å². The van der Waals surface area contributed by atoms with E-state index in [2.05, 4.69) is 37.0 Å². The Morgan fingerprint density at radius 1 is 1.12 bits per heavy atom. The van der Waals surface area contributed by atoms with Gasteiger partial charge in [-0.25, -0.2) is 4.39 Å². The highest BCUT2D eigenvalue weighted by Crippen LogP contribution is 2.34. The van der Waals surface area contributed by atoms with Gasteiger partial charge in [-0.3, -0.25) is 0 Å². The van der Waals surface area contributed by atoms with Crippen molar-refractivity contribution in [2.45, 2.75) is 45.4 Å². The van der Waals surface area contributed by atoms with Crippen molar-refractivity contribution in [3.05, 3.63) is 59.4 Å². The van der Waals surface area contributed by atoms with Crippen molar-refractivity contribution in [3.8, 4) is 11.3 Å². The number of hydrogen-bond acceptors (Lipinski definition) is 1. The van der Waals surface area contributed by atoms with Crippen LogP contribution in [0.5, 0.6) is 0 Å². The summed E-state index contributed by atoms with van der Waals surface area (Å²) in [5.41, 5.74) is 11.4. The molecule has 3 heteroatoms. The number of rotatable bonds is 7. The maximum Gasteiger partial charge on any atom is 0.123 e. The molecular formula is C22H27FN2. The molecule has 1 atom stereocenters. The van der Waals surface area contributed by atoms with Crippen molar-refractivity contribution >= 4 is 10.9 Å². The highest BCUT2D eigenvalue weighted by atomic mass is 19.1. The van der Waals surface area contributed by atoms with Gasteiger partial charge in [-0.15, -0.1) is 0 Å². The third-order valence-corrected chi connectivity index (χ3v) is 5.11. The molecule has 1 unspecified atom stereocenters. The SMILES string of the molecule is CCC(C)c1ccc2[nH]c(-c3cccc(F)c3)c(CCCCN)c2c1. The van der Waals surface area contributed by atoms with Gasteiger partial charge >= 0.3 is 0 Å². The van der Waals surface area contributed by atoms with E-state index in [4.69, 9.17) is 5.73 Å². The minimum atomic E-state index is -0.204. The van der Waals surface area contributed by atoms with Gasteiger partial charge in [0.25, 0.3) is 0 Å². The largest absolute Gasteiger partial charge is 0.354 e. The van der Waals surface area contributed by atoms with E-state index < -0.39 is 0 Å². The average Bonchev–Trinajstić information content (AvgIpc) is 2.99. The molecule has 0 aliphatic heterocycles. The van der Waals surface area contributed by atoms with Crippen molar-refractivity contribution in [3.63, 3.8) is 0 Å². The number of hydrogen-bond donors (Lipinski definition) is 2. The van der Waals surface area contributed by atoms with Crippen LogP contribution < -0.4 is 5.73 Å². The molecule has 0 saturated heterocycles. The highest BCUT2D eigenvalue weighted by molar-refractivity contribution is 5.91. The molecular weight excluding hydrogens is 311 g/mol. The number of unbranched alkanes of at least 4 members (excludes halogenated alkanes) is 1. The summed E-state index contributed by atoms with van der Waals surface area (Å²) in [6.07, 6.45) is 4.11. The Labute approximate surface area is 149 Å². The molecule has 0 fully saturated rings. The van der Waals surface area contributed by atoms with Crippen LogP contribution in [0.25, 0.3) is 22.2 Å². The molecule has 0 radical (unpaired) electrons. The number of aromatic nitrogens is 1. The number of halogens is 1. The lowest BCUT2D eigenvalue weighted by Gasteiger charge is -2.10. The summed E-state index contributed by atoms with van der Waals surface area (Å²) in [5, 5.41) is 1.26. The lowest BCUT2D eigenvalue weighted by atomic mass is 9.94. The summed E-state index contributed by atoms with van der Waals surface area (Å²) in [6.45, 7) is 5.18. The van der Waals surface area contributed by atoms with E-state index in [1.165, 1.54) is 22.6 Å². The predicted molar refractivity (Wildman–Crippen MR) is 104 cm³/mol. The summed E-state index contributed by atoms with van der Waals surface area (Å²) in [4.78, 5) is 3.52. The highest BCUT2D eigenvalue weighted by Gasteiger charge is 2.15. The van der Waals surface area contributed by atoms with Crippen LogP contribution in [0.15, 0.2) is 42.5 Å². The number of nitrogens with two attached hydrogens (primary N) is 1. The zero-order valence-electron chi connectivity index (χ0n) is 15.1. The van der Waals surface area contributed by atoms with E-state index >= 15 is 0 Å². The van der Waals surface area contributed by atoms with Crippen molar-refractivity contribution in [1.29, 1.82) is 0 Å². The Morgan fingerprint density at radius 3 is 2.68 bits per heavy atom. The Morgan fingerprint density at radius 2 is 1.96 bits per heavy atom. The third-order valence-electron chi connectivity index (χ3n) is 5.11. The van der Waals surface area contributed by atoms with Crippen LogP contribution in [0.3, 0.4) is 0 Å². The molecule has 0 saturated carbocycles. The van der Waals surface area contributed by atoms with E-state index in [-0.39, 0.29) is 5.82 Å². The Bertz CT molecular complexity index is 850. The number of benzene rings is 2. The number of aromatic amines is 1. The minimum absolute atomic E-state index is 0.204. The molecule has 0 bridgehead atoms. The van der Waals surface area contributed by atoms with Crippen LogP contribution in [-0.2, 0) is 6.42 Å². The van der Waals surface area contributed by atoms with Crippen LogP contribution in [0.2, 0.25) is 0 Å². The normalized spacial score (nSPS) is 12.6.